The van der Waals surface area contributed by atoms with Crippen LogP contribution in [0.2, 0.25) is 0 Å². The van der Waals surface area contributed by atoms with Gasteiger partial charge in [0, 0.05) is 18.2 Å². The van der Waals surface area contributed by atoms with Gasteiger partial charge in [-0.1, -0.05) is 44.2 Å². The van der Waals surface area contributed by atoms with Crippen LogP contribution in [0.3, 0.4) is 0 Å². The maximum absolute atomic E-state index is 12.4. The van der Waals surface area contributed by atoms with E-state index in [1.807, 2.05) is 0 Å². The molecule has 1 aliphatic carbocycles. The molecule has 1 saturated carbocycles. The number of carbonyl (C=O) groups is 2. The standard InChI is InChI=1S/C29H31N3O6/c1-29(2)16-14-22(15-17-29)31(28(34)35)19-20-8-10-23(11-9-20)38-24-12-13-25(26(18-24)32(36)37)30-27(33)21-6-4-3-5-7-21/h3-13,18,22H,14-17,19H2,1-2H3,(H,30,33)(H,34,35). The zero-order valence-electron chi connectivity index (χ0n) is 21.4. The van der Waals surface area contributed by atoms with Crippen LogP contribution in [0.5, 0.6) is 11.5 Å². The monoisotopic (exact) mass is 517 g/mol. The third-order valence-electron chi connectivity index (χ3n) is 6.96. The SMILES string of the molecule is CC1(C)CCC(N(Cc2ccc(Oc3ccc(NC(=O)c4ccccc4)c([N+](=O)[O-])c3)cc2)C(=O)O)CC1. The molecule has 0 bridgehead atoms. The Kier molecular flexibility index (Phi) is 7.95. The van der Waals surface area contributed by atoms with Crippen molar-refractivity contribution in [3.63, 3.8) is 0 Å². The molecular formula is C29H31N3O6. The average molecular weight is 518 g/mol. The first kappa shape index (κ1) is 26.7. The van der Waals surface area contributed by atoms with Crippen molar-refractivity contribution in [1.82, 2.24) is 4.90 Å². The minimum Gasteiger partial charge on any atom is -0.465 e. The molecular weight excluding hydrogens is 486 g/mol. The summed E-state index contributed by atoms with van der Waals surface area (Å²) >= 11 is 0. The number of rotatable bonds is 8. The van der Waals surface area contributed by atoms with E-state index in [2.05, 4.69) is 19.2 Å². The summed E-state index contributed by atoms with van der Waals surface area (Å²) in [6.07, 6.45) is 2.76. The van der Waals surface area contributed by atoms with Gasteiger partial charge in [0.1, 0.15) is 17.2 Å². The van der Waals surface area contributed by atoms with Crippen LogP contribution in [-0.4, -0.2) is 33.0 Å². The summed E-state index contributed by atoms with van der Waals surface area (Å²) in [5.74, 6) is 0.231. The minimum absolute atomic E-state index is 0.00195. The molecule has 38 heavy (non-hydrogen) atoms. The fourth-order valence-electron chi connectivity index (χ4n) is 4.66. The first-order chi connectivity index (χ1) is 18.1. The molecule has 0 atom stereocenters. The van der Waals surface area contributed by atoms with Gasteiger partial charge >= 0.3 is 6.09 Å². The molecule has 9 heteroatoms. The number of hydrogen-bond donors (Lipinski definition) is 2. The second-order valence-corrected chi connectivity index (χ2v) is 10.3. The van der Waals surface area contributed by atoms with Gasteiger partial charge < -0.3 is 20.1 Å². The molecule has 1 fully saturated rings. The van der Waals surface area contributed by atoms with Crippen molar-refractivity contribution in [3.8, 4) is 11.5 Å². The maximum atomic E-state index is 12.4. The van der Waals surface area contributed by atoms with Crippen molar-refractivity contribution in [2.24, 2.45) is 5.41 Å². The minimum atomic E-state index is -0.929. The Labute approximate surface area is 221 Å². The Morgan fingerprint density at radius 3 is 2.26 bits per heavy atom. The number of anilines is 1. The number of hydrogen-bond acceptors (Lipinski definition) is 5. The molecule has 3 aromatic rings. The van der Waals surface area contributed by atoms with Crippen molar-refractivity contribution in [2.45, 2.75) is 52.1 Å². The number of nitro benzene ring substituents is 1. The van der Waals surface area contributed by atoms with Crippen LogP contribution in [0.25, 0.3) is 0 Å². The van der Waals surface area contributed by atoms with Gasteiger partial charge in [-0.2, -0.15) is 0 Å². The fourth-order valence-corrected chi connectivity index (χ4v) is 4.66. The first-order valence-corrected chi connectivity index (χ1v) is 12.5. The Bertz CT molecular complexity index is 1300. The van der Waals surface area contributed by atoms with Gasteiger partial charge in [-0.25, -0.2) is 4.79 Å². The van der Waals surface area contributed by atoms with Gasteiger partial charge in [-0.15, -0.1) is 0 Å². The Morgan fingerprint density at radius 2 is 1.66 bits per heavy atom. The predicted molar refractivity (Wildman–Crippen MR) is 144 cm³/mol. The molecule has 0 spiro atoms. The van der Waals surface area contributed by atoms with Crippen molar-refractivity contribution < 1.29 is 24.4 Å². The van der Waals surface area contributed by atoms with Gasteiger partial charge in [0.25, 0.3) is 11.6 Å². The van der Waals surface area contributed by atoms with E-state index in [-0.39, 0.29) is 35.1 Å². The van der Waals surface area contributed by atoms with E-state index in [9.17, 15) is 24.8 Å². The molecule has 0 aromatic heterocycles. The number of ether oxygens (including phenoxy) is 1. The third-order valence-corrected chi connectivity index (χ3v) is 6.96. The lowest BCUT2D eigenvalue weighted by Gasteiger charge is -2.39. The van der Waals surface area contributed by atoms with Crippen LogP contribution in [-0.2, 0) is 6.54 Å². The summed E-state index contributed by atoms with van der Waals surface area (Å²) in [6, 6.07) is 19.6. The van der Waals surface area contributed by atoms with Crippen LogP contribution >= 0.6 is 0 Å². The largest absolute Gasteiger partial charge is 0.465 e. The molecule has 2 N–H and O–H groups in total. The van der Waals surface area contributed by atoms with Gasteiger partial charge in [0.05, 0.1) is 11.0 Å². The first-order valence-electron chi connectivity index (χ1n) is 12.5. The zero-order chi connectivity index (χ0) is 27.3. The summed E-state index contributed by atoms with van der Waals surface area (Å²) < 4.78 is 5.81. The lowest BCUT2D eigenvalue weighted by Crippen LogP contribution is -2.42. The molecule has 0 saturated heterocycles. The van der Waals surface area contributed by atoms with Gasteiger partial charge in [-0.05, 0) is 73.1 Å². The fraction of sp³-hybridized carbons (Fsp3) is 0.310. The summed E-state index contributed by atoms with van der Waals surface area (Å²) in [4.78, 5) is 37.0. The smallest absolute Gasteiger partial charge is 0.407 e. The van der Waals surface area contributed by atoms with Crippen LogP contribution in [0.15, 0.2) is 72.8 Å². The van der Waals surface area contributed by atoms with E-state index in [1.54, 1.807) is 54.6 Å². The third kappa shape index (κ3) is 6.67. The summed E-state index contributed by atoms with van der Waals surface area (Å²) in [7, 11) is 0. The van der Waals surface area contributed by atoms with Crippen molar-refractivity contribution in [3.05, 3.63) is 94.0 Å². The number of carboxylic acid groups (broad SMARTS) is 1. The molecule has 1 aliphatic rings. The highest BCUT2D eigenvalue weighted by molar-refractivity contribution is 6.05. The van der Waals surface area contributed by atoms with Crippen LogP contribution in [0, 0.1) is 15.5 Å². The molecule has 3 aromatic carbocycles. The van der Waals surface area contributed by atoms with E-state index < -0.39 is 16.9 Å². The molecule has 9 nitrogen and oxygen atoms in total. The summed E-state index contributed by atoms with van der Waals surface area (Å²) in [5.41, 5.74) is 1.23. The Balaban J connectivity index is 1.42. The van der Waals surface area contributed by atoms with Crippen LogP contribution in [0.1, 0.15) is 55.5 Å². The second-order valence-electron chi connectivity index (χ2n) is 10.3. The van der Waals surface area contributed by atoms with E-state index in [0.717, 1.165) is 31.2 Å². The highest BCUT2D eigenvalue weighted by Gasteiger charge is 2.32. The molecule has 4 rings (SSSR count). The topological polar surface area (TPSA) is 122 Å². The lowest BCUT2D eigenvalue weighted by molar-refractivity contribution is -0.384. The van der Waals surface area contributed by atoms with Crippen molar-refractivity contribution >= 4 is 23.4 Å². The van der Waals surface area contributed by atoms with Gasteiger partial charge in [-0.3, -0.25) is 14.9 Å². The second kappa shape index (κ2) is 11.3. The summed E-state index contributed by atoms with van der Waals surface area (Å²) in [6.45, 7) is 4.72. The van der Waals surface area contributed by atoms with E-state index >= 15 is 0 Å². The highest BCUT2D eigenvalue weighted by Crippen LogP contribution is 2.37. The molecule has 0 heterocycles. The number of nitro groups is 1. The van der Waals surface area contributed by atoms with Gasteiger partial charge in [0.2, 0.25) is 0 Å². The highest BCUT2D eigenvalue weighted by atomic mass is 16.6. The molecule has 2 amide bonds. The number of carbonyl (C=O) groups excluding carboxylic acids is 1. The summed E-state index contributed by atoms with van der Waals surface area (Å²) in [5, 5.41) is 24.0. The van der Waals surface area contributed by atoms with E-state index in [1.165, 1.54) is 23.1 Å². The van der Waals surface area contributed by atoms with E-state index in [0.29, 0.717) is 11.3 Å². The molecule has 0 unspecified atom stereocenters. The predicted octanol–water partition coefficient (Wildman–Crippen LogP) is 7.09. The Morgan fingerprint density at radius 1 is 1.03 bits per heavy atom. The number of nitrogens with zero attached hydrogens (tertiary/aromatic N) is 2. The molecule has 0 aliphatic heterocycles. The average Bonchev–Trinajstić information content (AvgIpc) is 2.89. The lowest BCUT2D eigenvalue weighted by atomic mass is 9.75. The maximum Gasteiger partial charge on any atom is 0.407 e. The Hall–Kier alpha value is -4.40. The normalized spacial score (nSPS) is 14.9. The molecule has 0 radical (unpaired) electrons. The molecule has 198 valence electrons. The van der Waals surface area contributed by atoms with Crippen LogP contribution < -0.4 is 10.1 Å². The van der Waals surface area contributed by atoms with E-state index in [4.69, 9.17) is 4.74 Å². The zero-order valence-corrected chi connectivity index (χ0v) is 21.4. The number of amides is 2. The van der Waals surface area contributed by atoms with Crippen LogP contribution in [0.4, 0.5) is 16.2 Å². The number of nitrogens with one attached hydrogen (secondary N) is 1. The quantitative estimate of drug-likeness (QED) is 0.243. The van der Waals surface area contributed by atoms with Crippen molar-refractivity contribution in [2.75, 3.05) is 5.32 Å². The number of benzene rings is 3. The van der Waals surface area contributed by atoms with Gasteiger partial charge in [0.15, 0.2) is 0 Å². The van der Waals surface area contributed by atoms with Crippen molar-refractivity contribution in [1.29, 1.82) is 0 Å².